The molecule has 0 radical (unpaired) electrons. The molecule has 0 spiro atoms. The Bertz CT molecular complexity index is 585. The normalized spacial score (nSPS) is 10.6. The van der Waals surface area contributed by atoms with E-state index in [0.717, 1.165) is 5.56 Å². The molecule has 0 aliphatic heterocycles. The third-order valence-electron chi connectivity index (χ3n) is 2.37. The number of benzene rings is 1. The number of pyridine rings is 1. The topological polar surface area (TPSA) is 38.9 Å². The summed E-state index contributed by atoms with van der Waals surface area (Å²) in [5.74, 6) is -1.24. The third kappa shape index (κ3) is 2.15. The molecule has 1 heterocycles. The number of hydrogen-bond acceptors (Lipinski definition) is 2. The van der Waals surface area contributed by atoms with E-state index in [-0.39, 0.29) is 21.4 Å². The van der Waals surface area contributed by atoms with Gasteiger partial charge >= 0.3 is 0 Å². The van der Waals surface area contributed by atoms with Crippen molar-refractivity contribution in [2.24, 2.45) is 0 Å². The molecule has 0 fully saturated rings. The summed E-state index contributed by atoms with van der Waals surface area (Å²) < 4.78 is 27.8. The van der Waals surface area contributed by atoms with E-state index in [4.69, 9.17) is 5.73 Å². The number of rotatable bonds is 1. The summed E-state index contributed by atoms with van der Waals surface area (Å²) in [4.78, 5) is 3.90. The molecule has 0 amide bonds. The zero-order valence-electron chi connectivity index (χ0n) is 8.97. The Morgan fingerprint density at radius 2 is 2.00 bits per heavy atom. The number of anilines is 1. The van der Waals surface area contributed by atoms with Crippen LogP contribution in [0.4, 0.5) is 14.6 Å². The molecule has 5 heteroatoms. The standard InChI is InChI=1S/C12H9BrF2N2/c1-6-4-7(12(16)17-5-6)10-9(14)3-2-8(13)11(10)15/h2-5H,1H3,(H2,16,17). The summed E-state index contributed by atoms with van der Waals surface area (Å²) in [5, 5.41) is 0. The molecule has 1 aromatic heterocycles. The highest BCUT2D eigenvalue weighted by Gasteiger charge is 2.17. The number of nitrogens with two attached hydrogens (primary N) is 1. The Hall–Kier alpha value is -1.49. The summed E-state index contributed by atoms with van der Waals surface area (Å²) in [7, 11) is 0. The summed E-state index contributed by atoms with van der Waals surface area (Å²) in [5.41, 5.74) is 6.54. The Kier molecular flexibility index (Phi) is 3.11. The van der Waals surface area contributed by atoms with Gasteiger partial charge in [0.05, 0.1) is 10.0 Å². The first-order valence-electron chi connectivity index (χ1n) is 4.86. The minimum Gasteiger partial charge on any atom is -0.383 e. The molecule has 88 valence electrons. The molecule has 2 N–H and O–H groups in total. The molecule has 2 nitrogen and oxygen atoms in total. The average Bonchev–Trinajstić information content (AvgIpc) is 2.29. The van der Waals surface area contributed by atoms with E-state index >= 15 is 0 Å². The van der Waals surface area contributed by atoms with Gasteiger partial charge in [0.15, 0.2) is 0 Å². The number of aryl methyl sites for hydroxylation is 1. The minimum absolute atomic E-state index is 0.103. The molecule has 0 unspecified atom stereocenters. The molecule has 0 saturated heterocycles. The molecule has 0 aliphatic rings. The lowest BCUT2D eigenvalue weighted by molar-refractivity contribution is 0.585. The van der Waals surface area contributed by atoms with Gasteiger partial charge in [0.2, 0.25) is 0 Å². The highest BCUT2D eigenvalue weighted by atomic mass is 79.9. The van der Waals surface area contributed by atoms with E-state index in [1.54, 1.807) is 19.2 Å². The van der Waals surface area contributed by atoms with E-state index in [2.05, 4.69) is 20.9 Å². The van der Waals surface area contributed by atoms with Crippen LogP contribution in [0.25, 0.3) is 11.1 Å². The van der Waals surface area contributed by atoms with Crippen LogP contribution in [0.1, 0.15) is 5.56 Å². The smallest absolute Gasteiger partial charge is 0.148 e. The number of aromatic nitrogens is 1. The maximum absolute atomic E-state index is 13.9. The van der Waals surface area contributed by atoms with E-state index < -0.39 is 11.6 Å². The Morgan fingerprint density at radius 3 is 2.71 bits per heavy atom. The summed E-state index contributed by atoms with van der Waals surface area (Å²) in [6, 6.07) is 4.11. The summed E-state index contributed by atoms with van der Waals surface area (Å²) in [6.45, 7) is 1.78. The van der Waals surface area contributed by atoms with Crippen LogP contribution in [0.2, 0.25) is 0 Å². The Labute approximate surface area is 106 Å². The largest absolute Gasteiger partial charge is 0.383 e. The van der Waals surface area contributed by atoms with Gasteiger partial charge in [0.1, 0.15) is 17.5 Å². The lowest BCUT2D eigenvalue weighted by Gasteiger charge is -2.09. The second-order valence-corrected chi connectivity index (χ2v) is 4.52. The zero-order chi connectivity index (χ0) is 12.6. The third-order valence-corrected chi connectivity index (χ3v) is 2.98. The van der Waals surface area contributed by atoms with Crippen LogP contribution >= 0.6 is 15.9 Å². The molecule has 2 rings (SSSR count). The van der Waals surface area contributed by atoms with Crippen LogP contribution in [0.5, 0.6) is 0 Å². The molecule has 1 aromatic carbocycles. The second kappa shape index (κ2) is 4.41. The maximum atomic E-state index is 13.9. The lowest BCUT2D eigenvalue weighted by atomic mass is 10.0. The summed E-state index contributed by atoms with van der Waals surface area (Å²) >= 11 is 3.02. The first-order valence-corrected chi connectivity index (χ1v) is 5.66. The van der Waals surface area contributed by atoms with E-state index in [0.29, 0.717) is 0 Å². The second-order valence-electron chi connectivity index (χ2n) is 3.66. The molecule has 0 aliphatic carbocycles. The van der Waals surface area contributed by atoms with Gasteiger partial charge in [0.25, 0.3) is 0 Å². The van der Waals surface area contributed by atoms with Crippen molar-refractivity contribution in [2.75, 3.05) is 5.73 Å². The fourth-order valence-electron chi connectivity index (χ4n) is 1.55. The number of nitrogens with zero attached hydrogens (tertiary/aromatic N) is 1. The van der Waals surface area contributed by atoms with Crippen molar-refractivity contribution in [2.45, 2.75) is 6.92 Å². The van der Waals surface area contributed by atoms with Crippen molar-refractivity contribution in [1.29, 1.82) is 0 Å². The van der Waals surface area contributed by atoms with Crippen LogP contribution in [0.15, 0.2) is 28.9 Å². The highest BCUT2D eigenvalue weighted by molar-refractivity contribution is 9.10. The van der Waals surface area contributed by atoms with Crippen LogP contribution in [-0.4, -0.2) is 4.98 Å². The number of nitrogen functional groups attached to an aromatic ring is 1. The molecular formula is C12H9BrF2N2. The van der Waals surface area contributed by atoms with Gasteiger partial charge in [0, 0.05) is 11.8 Å². The Balaban J connectivity index is 2.76. The van der Waals surface area contributed by atoms with Crippen LogP contribution in [0.3, 0.4) is 0 Å². The summed E-state index contributed by atoms with van der Waals surface area (Å²) in [6.07, 6.45) is 1.55. The van der Waals surface area contributed by atoms with Crippen molar-refractivity contribution in [3.63, 3.8) is 0 Å². The monoisotopic (exact) mass is 298 g/mol. The first-order chi connectivity index (χ1) is 8.00. The highest BCUT2D eigenvalue weighted by Crippen LogP contribution is 2.33. The van der Waals surface area contributed by atoms with Crippen molar-refractivity contribution in [3.05, 3.63) is 46.1 Å². The van der Waals surface area contributed by atoms with Crippen LogP contribution in [-0.2, 0) is 0 Å². The fraction of sp³-hybridized carbons (Fsp3) is 0.0833. The number of halogens is 3. The molecule has 17 heavy (non-hydrogen) atoms. The van der Waals surface area contributed by atoms with Gasteiger partial charge in [-0.25, -0.2) is 13.8 Å². The number of hydrogen-bond donors (Lipinski definition) is 1. The van der Waals surface area contributed by atoms with Gasteiger partial charge in [-0.1, -0.05) is 0 Å². The molecule has 0 bridgehead atoms. The lowest BCUT2D eigenvalue weighted by Crippen LogP contribution is -1.99. The zero-order valence-corrected chi connectivity index (χ0v) is 10.6. The van der Waals surface area contributed by atoms with E-state index in [1.807, 2.05) is 0 Å². The predicted molar refractivity (Wildman–Crippen MR) is 66.4 cm³/mol. The van der Waals surface area contributed by atoms with Crippen molar-refractivity contribution in [1.82, 2.24) is 4.98 Å². The van der Waals surface area contributed by atoms with Gasteiger partial charge in [-0.2, -0.15) is 0 Å². The van der Waals surface area contributed by atoms with Crippen molar-refractivity contribution < 1.29 is 8.78 Å². The first kappa shape index (κ1) is 12.0. The van der Waals surface area contributed by atoms with Gasteiger partial charge in [-0.3, -0.25) is 0 Å². The minimum atomic E-state index is -0.677. The Morgan fingerprint density at radius 1 is 1.29 bits per heavy atom. The maximum Gasteiger partial charge on any atom is 0.148 e. The van der Waals surface area contributed by atoms with Crippen LogP contribution < -0.4 is 5.73 Å². The SMILES string of the molecule is Cc1cnc(N)c(-c2c(F)ccc(Br)c2F)c1. The van der Waals surface area contributed by atoms with E-state index in [1.165, 1.54) is 12.1 Å². The molecule has 0 saturated carbocycles. The average molecular weight is 299 g/mol. The molecular weight excluding hydrogens is 290 g/mol. The van der Waals surface area contributed by atoms with Crippen LogP contribution in [0, 0.1) is 18.6 Å². The van der Waals surface area contributed by atoms with Crippen molar-refractivity contribution in [3.8, 4) is 11.1 Å². The van der Waals surface area contributed by atoms with E-state index in [9.17, 15) is 8.78 Å². The van der Waals surface area contributed by atoms with Gasteiger partial charge < -0.3 is 5.73 Å². The van der Waals surface area contributed by atoms with Gasteiger partial charge in [-0.05, 0) is 46.6 Å². The molecule has 2 aromatic rings. The van der Waals surface area contributed by atoms with Crippen molar-refractivity contribution >= 4 is 21.7 Å². The fourth-order valence-corrected chi connectivity index (χ4v) is 1.88. The predicted octanol–water partition coefficient (Wildman–Crippen LogP) is 3.68. The quantitative estimate of drug-likeness (QED) is 0.816. The molecule has 0 atom stereocenters. The van der Waals surface area contributed by atoms with Gasteiger partial charge in [-0.15, -0.1) is 0 Å².